The van der Waals surface area contributed by atoms with Crippen LogP contribution in [0, 0.1) is 11.6 Å². The zero-order valence-corrected chi connectivity index (χ0v) is 29.4. The van der Waals surface area contributed by atoms with Crippen molar-refractivity contribution in [2.75, 3.05) is 6.54 Å². The number of rotatable bonds is 8. The van der Waals surface area contributed by atoms with Crippen LogP contribution in [0.15, 0.2) is 43.0 Å². The van der Waals surface area contributed by atoms with Crippen molar-refractivity contribution in [3.63, 3.8) is 0 Å². The van der Waals surface area contributed by atoms with Gasteiger partial charge in [-0.3, -0.25) is 0 Å². The third kappa shape index (κ3) is 10.3. The zero-order valence-electron chi connectivity index (χ0n) is 29.4. The van der Waals surface area contributed by atoms with Gasteiger partial charge >= 0.3 is 0 Å². The lowest BCUT2D eigenvalue weighted by molar-refractivity contribution is 0.130. The highest BCUT2D eigenvalue weighted by atomic mass is 19.1. The van der Waals surface area contributed by atoms with E-state index < -0.39 is 17.7 Å². The molecular formula is C38H56F2N6O. The lowest BCUT2D eigenvalue weighted by Gasteiger charge is -2.39. The maximum atomic E-state index is 13.4. The number of aliphatic hydroxyl groups excluding tert-OH is 1. The molecule has 1 atom stereocenters. The summed E-state index contributed by atoms with van der Waals surface area (Å²) in [6, 6.07) is 7.70. The number of hydrogen-bond donors (Lipinski definition) is 3. The van der Waals surface area contributed by atoms with Crippen molar-refractivity contribution in [1.29, 1.82) is 0 Å². The topological polar surface area (TPSA) is 110 Å². The average molecular weight is 651 g/mol. The summed E-state index contributed by atoms with van der Waals surface area (Å²) in [5, 5.41) is 14.1. The van der Waals surface area contributed by atoms with Crippen LogP contribution in [0.2, 0.25) is 0 Å². The Labute approximate surface area is 280 Å². The normalized spacial score (nSPS) is 18.6. The van der Waals surface area contributed by atoms with Gasteiger partial charge in [0.1, 0.15) is 24.3 Å². The van der Waals surface area contributed by atoms with E-state index in [1.165, 1.54) is 37.8 Å². The maximum absolute atomic E-state index is 13.4. The molecule has 2 saturated carbocycles. The molecule has 9 heteroatoms. The van der Waals surface area contributed by atoms with Gasteiger partial charge in [-0.2, -0.15) is 0 Å². The summed E-state index contributed by atoms with van der Waals surface area (Å²) >= 11 is 0. The standard InChI is InChI=1S/C24H33F2N3O.C14H23N3/c1-23(2,3)21-14-22(28-16-27-21)24(9-5-4-6-10-24)29-15-20(30)8-7-17-11-18(25)13-19(26)12-17;1-13(2,3)11-9-12(17-10-16-11)14(15)7-5-4-6-8-14/h11-14,16,20,29-30H,4-10,15H2,1-3H3;9-10H,4-8,15H2,1-3H3. The van der Waals surface area contributed by atoms with Gasteiger partial charge in [0.2, 0.25) is 0 Å². The highest BCUT2D eigenvalue weighted by Crippen LogP contribution is 2.37. The minimum Gasteiger partial charge on any atom is -0.392 e. The number of nitrogens with two attached hydrogens (primary N) is 1. The number of hydrogen-bond acceptors (Lipinski definition) is 7. The van der Waals surface area contributed by atoms with Crippen LogP contribution in [0.4, 0.5) is 8.78 Å². The number of nitrogens with one attached hydrogen (secondary N) is 1. The average Bonchev–Trinajstić information content (AvgIpc) is 3.03. The number of nitrogens with zero attached hydrogens (tertiary/aromatic N) is 4. The van der Waals surface area contributed by atoms with Gasteiger partial charge in [0.25, 0.3) is 0 Å². The summed E-state index contributed by atoms with van der Waals surface area (Å²) in [6.07, 6.45) is 14.7. The number of aromatic nitrogens is 4. The first-order valence-electron chi connectivity index (χ1n) is 17.4. The highest BCUT2D eigenvalue weighted by molar-refractivity contribution is 5.24. The van der Waals surface area contributed by atoms with Gasteiger partial charge in [-0.25, -0.2) is 28.7 Å². The van der Waals surface area contributed by atoms with Crippen LogP contribution in [-0.2, 0) is 28.3 Å². The predicted molar refractivity (Wildman–Crippen MR) is 184 cm³/mol. The Morgan fingerprint density at radius 1 is 0.723 bits per heavy atom. The molecule has 1 aromatic carbocycles. The van der Waals surface area contributed by atoms with Crippen molar-refractivity contribution in [1.82, 2.24) is 25.3 Å². The molecule has 0 bridgehead atoms. The Balaban J connectivity index is 0.000000248. The van der Waals surface area contributed by atoms with Crippen LogP contribution in [0.1, 0.15) is 141 Å². The van der Waals surface area contributed by atoms with E-state index >= 15 is 0 Å². The third-order valence-corrected chi connectivity index (χ3v) is 9.69. The summed E-state index contributed by atoms with van der Waals surface area (Å²) in [5.74, 6) is -1.17. The van der Waals surface area contributed by atoms with Crippen molar-refractivity contribution in [2.45, 2.75) is 147 Å². The van der Waals surface area contributed by atoms with Crippen LogP contribution >= 0.6 is 0 Å². The molecule has 258 valence electrons. The van der Waals surface area contributed by atoms with Crippen LogP contribution in [0.3, 0.4) is 0 Å². The predicted octanol–water partition coefficient (Wildman–Crippen LogP) is 7.69. The second-order valence-corrected chi connectivity index (χ2v) is 15.8. The number of halogens is 2. The Morgan fingerprint density at radius 2 is 1.21 bits per heavy atom. The number of benzene rings is 1. The molecule has 2 heterocycles. The van der Waals surface area contributed by atoms with Crippen molar-refractivity contribution in [3.05, 3.63) is 83.0 Å². The summed E-state index contributed by atoms with van der Waals surface area (Å²) < 4.78 is 26.7. The minimum absolute atomic E-state index is 0.0583. The Morgan fingerprint density at radius 3 is 1.74 bits per heavy atom. The number of aryl methyl sites for hydroxylation is 1. The smallest absolute Gasteiger partial charge is 0.126 e. The van der Waals surface area contributed by atoms with E-state index in [1.807, 2.05) is 0 Å². The molecule has 3 aromatic rings. The summed E-state index contributed by atoms with van der Waals surface area (Å²) in [6.45, 7) is 13.3. The van der Waals surface area contributed by atoms with E-state index in [4.69, 9.17) is 5.73 Å². The van der Waals surface area contributed by atoms with Crippen molar-refractivity contribution < 1.29 is 13.9 Å². The summed E-state index contributed by atoms with van der Waals surface area (Å²) in [5.41, 5.74) is 10.7. The molecule has 7 nitrogen and oxygen atoms in total. The van der Waals surface area contributed by atoms with Gasteiger partial charge in [-0.05, 0) is 68.4 Å². The van der Waals surface area contributed by atoms with E-state index in [9.17, 15) is 13.9 Å². The minimum atomic E-state index is -0.612. The molecule has 2 fully saturated rings. The van der Waals surface area contributed by atoms with E-state index in [2.05, 4.69) is 78.9 Å². The lowest BCUT2D eigenvalue weighted by Crippen LogP contribution is -2.48. The largest absolute Gasteiger partial charge is 0.392 e. The van der Waals surface area contributed by atoms with Crippen LogP contribution in [0.25, 0.3) is 0 Å². The molecule has 47 heavy (non-hydrogen) atoms. The Kier molecular flexibility index (Phi) is 12.2. The van der Waals surface area contributed by atoms with Gasteiger partial charge in [0, 0.05) is 34.8 Å². The first-order valence-corrected chi connectivity index (χ1v) is 17.4. The second-order valence-electron chi connectivity index (χ2n) is 15.8. The summed E-state index contributed by atoms with van der Waals surface area (Å²) in [7, 11) is 0. The molecule has 2 aliphatic rings. The molecule has 2 aromatic heterocycles. The fourth-order valence-electron chi connectivity index (χ4n) is 6.69. The van der Waals surface area contributed by atoms with Gasteiger partial charge < -0.3 is 16.2 Å². The number of aliphatic hydroxyl groups is 1. The molecule has 4 N–H and O–H groups in total. The van der Waals surface area contributed by atoms with Crippen LogP contribution in [0.5, 0.6) is 0 Å². The second kappa shape index (κ2) is 15.6. The monoisotopic (exact) mass is 650 g/mol. The van der Waals surface area contributed by atoms with Crippen LogP contribution < -0.4 is 11.1 Å². The molecular weight excluding hydrogens is 594 g/mol. The van der Waals surface area contributed by atoms with Gasteiger partial charge in [-0.1, -0.05) is 80.1 Å². The molecule has 0 saturated heterocycles. The molecule has 0 amide bonds. The molecule has 2 aliphatic carbocycles. The third-order valence-electron chi connectivity index (χ3n) is 9.69. The Hall–Kier alpha value is -2.88. The quantitative estimate of drug-likeness (QED) is 0.229. The first kappa shape index (κ1) is 36.9. The molecule has 0 aliphatic heterocycles. The molecule has 0 radical (unpaired) electrons. The van der Waals surface area contributed by atoms with Gasteiger partial charge in [-0.15, -0.1) is 0 Å². The fourth-order valence-corrected chi connectivity index (χ4v) is 6.69. The first-order chi connectivity index (χ1) is 22.1. The zero-order chi connectivity index (χ0) is 34.3. The molecule has 5 rings (SSSR count). The Bertz CT molecular complexity index is 1420. The van der Waals surface area contributed by atoms with Crippen LogP contribution in [-0.4, -0.2) is 37.7 Å². The van der Waals surface area contributed by atoms with Gasteiger partial charge in [0.05, 0.1) is 28.6 Å². The van der Waals surface area contributed by atoms with Gasteiger partial charge in [0.15, 0.2) is 0 Å². The van der Waals surface area contributed by atoms with Crippen molar-refractivity contribution in [3.8, 4) is 0 Å². The maximum Gasteiger partial charge on any atom is 0.126 e. The van der Waals surface area contributed by atoms with Crippen molar-refractivity contribution >= 4 is 0 Å². The van der Waals surface area contributed by atoms with E-state index in [0.717, 1.165) is 67.4 Å². The van der Waals surface area contributed by atoms with E-state index in [-0.39, 0.29) is 21.9 Å². The van der Waals surface area contributed by atoms with E-state index in [0.29, 0.717) is 24.9 Å². The highest BCUT2D eigenvalue weighted by Gasteiger charge is 2.36. The van der Waals surface area contributed by atoms with E-state index in [1.54, 1.807) is 12.7 Å². The fraction of sp³-hybridized carbons (Fsp3) is 0.632. The lowest BCUT2D eigenvalue weighted by atomic mass is 9.78. The SMILES string of the molecule is CC(C)(C)c1cc(C2(N)CCCCC2)ncn1.CC(C)(C)c1cc(C2(NCC(O)CCc3cc(F)cc(F)c3)CCCCC2)ncn1. The summed E-state index contributed by atoms with van der Waals surface area (Å²) in [4.78, 5) is 17.8. The molecule has 0 spiro atoms. The van der Waals surface area contributed by atoms with Crippen molar-refractivity contribution in [2.24, 2.45) is 5.73 Å². The molecule has 1 unspecified atom stereocenters.